The number of anilines is 2. The highest BCUT2D eigenvalue weighted by atomic mass is 16.5. The number of ether oxygens (including phenoxy) is 2. The summed E-state index contributed by atoms with van der Waals surface area (Å²) < 4.78 is 11.0. The van der Waals surface area contributed by atoms with Crippen LogP contribution in [0.25, 0.3) is 0 Å². The van der Waals surface area contributed by atoms with Gasteiger partial charge in [-0.25, -0.2) is 9.97 Å². The van der Waals surface area contributed by atoms with E-state index >= 15 is 0 Å². The number of aryl methyl sites for hydroxylation is 1. The molecule has 2 heterocycles. The number of hydrogen-bond acceptors (Lipinski definition) is 6. The number of nitrogens with zero attached hydrogens (tertiary/aromatic N) is 3. The van der Waals surface area contributed by atoms with Gasteiger partial charge in [0.05, 0.1) is 14.2 Å². The van der Waals surface area contributed by atoms with Gasteiger partial charge in [0.25, 0.3) is 0 Å². The van der Waals surface area contributed by atoms with Gasteiger partial charge >= 0.3 is 0 Å². The molecule has 156 valence electrons. The SMILES string of the molecule is COc1cc2c(cc1OC)CN(c1cc(NC3CCCCCC3)nc(C)n1)CC2. The summed E-state index contributed by atoms with van der Waals surface area (Å²) >= 11 is 0. The molecule has 1 aliphatic carbocycles. The fraction of sp³-hybridized carbons (Fsp3) is 0.565. The Morgan fingerprint density at radius 2 is 1.62 bits per heavy atom. The van der Waals surface area contributed by atoms with Crippen molar-refractivity contribution in [3.63, 3.8) is 0 Å². The summed E-state index contributed by atoms with van der Waals surface area (Å²) in [6, 6.07) is 6.84. The van der Waals surface area contributed by atoms with E-state index in [9.17, 15) is 0 Å². The van der Waals surface area contributed by atoms with Gasteiger partial charge in [-0.15, -0.1) is 0 Å². The molecule has 0 atom stereocenters. The van der Waals surface area contributed by atoms with E-state index in [1.54, 1.807) is 14.2 Å². The predicted molar refractivity (Wildman–Crippen MR) is 116 cm³/mol. The van der Waals surface area contributed by atoms with E-state index in [0.29, 0.717) is 6.04 Å². The largest absolute Gasteiger partial charge is 0.493 e. The highest BCUT2D eigenvalue weighted by Crippen LogP contribution is 2.34. The van der Waals surface area contributed by atoms with E-state index in [4.69, 9.17) is 14.5 Å². The zero-order chi connectivity index (χ0) is 20.2. The molecule has 2 aromatic rings. The molecule has 0 unspecified atom stereocenters. The van der Waals surface area contributed by atoms with Crippen molar-refractivity contribution in [2.75, 3.05) is 31.0 Å². The summed E-state index contributed by atoms with van der Waals surface area (Å²) in [5.74, 6) is 4.35. The van der Waals surface area contributed by atoms with E-state index in [0.717, 1.165) is 48.5 Å². The van der Waals surface area contributed by atoms with Crippen molar-refractivity contribution < 1.29 is 9.47 Å². The fourth-order valence-corrected chi connectivity index (χ4v) is 4.50. The Balaban J connectivity index is 1.53. The Morgan fingerprint density at radius 3 is 2.31 bits per heavy atom. The van der Waals surface area contributed by atoms with Gasteiger partial charge in [0.1, 0.15) is 17.5 Å². The summed E-state index contributed by atoms with van der Waals surface area (Å²) in [5, 5.41) is 3.68. The molecule has 1 aromatic carbocycles. The van der Waals surface area contributed by atoms with E-state index in [2.05, 4.69) is 33.4 Å². The molecule has 29 heavy (non-hydrogen) atoms. The predicted octanol–water partition coefficient (Wildman–Crippen LogP) is 4.50. The third-order valence-electron chi connectivity index (χ3n) is 6.07. The van der Waals surface area contributed by atoms with E-state index in [-0.39, 0.29) is 0 Å². The van der Waals surface area contributed by atoms with Gasteiger partial charge in [-0.1, -0.05) is 25.7 Å². The number of rotatable bonds is 5. The first kappa shape index (κ1) is 19.8. The van der Waals surface area contributed by atoms with Gasteiger partial charge in [0, 0.05) is 25.2 Å². The molecule has 1 fully saturated rings. The number of benzene rings is 1. The summed E-state index contributed by atoms with van der Waals surface area (Å²) in [4.78, 5) is 11.7. The zero-order valence-corrected chi connectivity index (χ0v) is 17.8. The second-order valence-electron chi connectivity index (χ2n) is 8.14. The van der Waals surface area contributed by atoms with Crippen molar-refractivity contribution in [2.24, 2.45) is 0 Å². The second kappa shape index (κ2) is 8.89. The molecule has 1 saturated carbocycles. The third-order valence-corrected chi connectivity index (χ3v) is 6.07. The van der Waals surface area contributed by atoms with Crippen LogP contribution in [-0.2, 0) is 13.0 Å². The molecule has 1 N–H and O–H groups in total. The van der Waals surface area contributed by atoms with Gasteiger partial charge in [0.15, 0.2) is 11.5 Å². The standard InChI is InChI=1S/C23H32N4O2/c1-16-24-22(26-19-8-6-4-5-7-9-19)14-23(25-16)27-11-10-17-12-20(28-2)21(29-3)13-18(17)15-27/h12-14,19H,4-11,15H2,1-3H3,(H,24,25,26). The van der Waals surface area contributed by atoms with Crippen molar-refractivity contribution in [2.45, 2.75) is 64.5 Å². The molecular weight excluding hydrogens is 364 g/mol. The molecule has 0 bridgehead atoms. The quantitative estimate of drug-likeness (QED) is 0.751. The Morgan fingerprint density at radius 1 is 0.931 bits per heavy atom. The van der Waals surface area contributed by atoms with E-state index in [1.807, 2.05) is 6.92 Å². The zero-order valence-electron chi connectivity index (χ0n) is 17.8. The van der Waals surface area contributed by atoms with Crippen LogP contribution in [0.1, 0.15) is 55.5 Å². The second-order valence-corrected chi connectivity index (χ2v) is 8.14. The average Bonchev–Trinajstić information content (AvgIpc) is 3.00. The van der Waals surface area contributed by atoms with Crippen molar-refractivity contribution in [1.29, 1.82) is 0 Å². The van der Waals surface area contributed by atoms with Crippen LogP contribution in [0.15, 0.2) is 18.2 Å². The first-order valence-electron chi connectivity index (χ1n) is 10.8. The lowest BCUT2D eigenvalue weighted by atomic mass is 9.99. The van der Waals surface area contributed by atoms with Crippen LogP contribution in [0.5, 0.6) is 11.5 Å². The summed E-state index contributed by atoms with van der Waals surface area (Å²) in [6.07, 6.45) is 8.76. The van der Waals surface area contributed by atoms with Crippen LogP contribution in [0.3, 0.4) is 0 Å². The minimum Gasteiger partial charge on any atom is -0.493 e. The summed E-state index contributed by atoms with van der Waals surface area (Å²) in [6.45, 7) is 3.73. The summed E-state index contributed by atoms with van der Waals surface area (Å²) in [7, 11) is 3.37. The third kappa shape index (κ3) is 4.57. The highest BCUT2D eigenvalue weighted by molar-refractivity contribution is 5.54. The number of aromatic nitrogens is 2. The lowest BCUT2D eigenvalue weighted by Crippen LogP contribution is -2.31. The average molecular weight is 397 g/mol. The smallest absolute Gasteiger partial charge is 0.161 e. The molecule has 6 nitrogen and oxygen atoms in total. The molecule has 0 saturated heterocycles. The molecular formula is C23H32N4O2. The minimum absolute atomic E-state index is 0.526. The van der Waals surface area contributed by atoms with Gasteiger partial charge in [0.2, 0.25) is 0 Å². The van der Waals surface area contributed by atoms with Crippen LogP contribution < -0.4 is 19.7 Å². The highest BCUT2D eigenvalue weighted by Gasteiger charge is 2.22. The van der Waals surface area contributed by atoms with Gasteiger partial charge in [-0.3, -0.25) is 0 Å². The normalized spacial score (nSPS) is 17.4. The minimum atomic E-state index is 0.526. The van der Waals surface area contributed by atoms with Crippen LogP contribution in [-0.4, -0.2) is 36.8 Å². The van der Waals surface area contributed by atoms with Crippen molar-refractivity contribution in [3.8, 4) is 11.5 Å². The van der Waals surface area contributed by atoms with E-state index < -0.39 is 0 Å². The molecule has 2 aliphatic rings. The summed E-state index contributed by atoms with van der Waals surface area (Å²) in [5.41, 5.74) is 2.59. The molecule has 6 heteroatoms. The topological polar surface area (TPSA) is 59.5 Å². The maximum Gasteiger partial charge on any atom is 0.161 e. The number of fused-ring (bicyclic) bond motifs is 1. The van der Waals surface area contributed by atoms with Crippen LogP contribution in [0, 0.1) is 6.92 Å². The number of nitrogens with one attached hydrogen (secondary N) is 1. The van der Waals surface area contributed by atoms with Gasteiger partial charge in [-0.2, -0.15) is 0 Å². The molecule has 0 spiro atoms. The van der Waals surface area contributed by atoms with Crippen molar-refractivity contribution in [1.82, 2.24) is 9.97 Å². The Bertz CT molecular complexity index is 847. The Hall–Kier alpha value is -2.50. The first-order valence-corrected chi connectivity index (χ1v) is 10.8. The van der Waals surface area contributed by atoms with Crippen molar-refractivity contribution >= 4 is 11.6 Å². The molecule has 1 aromatic heterocycles. The lowest BCUT2D eigenvalue weighted by Gasteiger charge is -2.31. The molecule has 0 amide bonds. The first-order chi connectivity index (χ1) is 14.2. The Kier molecular flexibility index (Phi) is 6.07. The van der Waals surface area contributed by atoms with Gasteiger partial charge < -0.3 is 19.7 Å². The van der Waals surface area contributed by atoms with Crippen molar-refractivity contribution in [3.05, 3.63) is 35.2 Å². The van der Waals surface area contributed by atoms with Gasteiger partial charge in [-0.05, 0) is 49.4 Å². The Labute approximate surface area is 173 Å². The van der Waals surface area contributed by atoms with E-state index in [1.165, 1.54) is 49.7 Å². The van der Waals surface area contributed by atoms with Crippen LogP contribution >= 0.6 is 0 Å². The fourth-order valence-electron chi connectivity index (χ4n) is 4.50. The number of methoxy groups -OCH3 is 2. The number of hydrogen-bond donors (Lipinski definition) is 1. The maximum absolute atomic E-state index is 5.50. The van der Waals surface area contributed by atoms with Crippen LogP contribution in [0.4, 0.5) is 11.6 Å². The molecule has 1 aliphatic heterocycles. The van der Waals surface area contributed by atoms with Crippen LogP contribution in [0.2, 0.25) is 0 Å². The molecule has 0 radical (unpaired) electrons. The molecule has 4 rings (SSSR count). The lowest BCUT2D eigenvalue weighted by molar-refractivity contribution is 0.353. The monoisotopic (exact) mass is 396 g/mol. The maximum atomic E-state index is 5.50.